The summed E-state index contributed by atoms with van der Waals surface area (Å²) < 4.78 is 9.93. The summed E-state index contributed by atoms with van der Waals surface area (Å²) in [4.78, 5) is 19.8. The third kappa shape index (κ3) is 4.10. The molecule has 0 radical (unpaired) electrons. The van der Waals surface area contributed by atoms with Gasteiger partial charge in [-0.25, -0.2) is 9.67 Å². The van der Waals surface area contributed by atoms with E-state index in [1.165, 1.54) is 0 Å². The minimum atomic E-state index is -0.0566. The molecule has 2 N–H and O–H groups in total. The number of ether oxygens (including phenoxy) is 1. The number of imidazole rings is 1. The van der Waals surface area contributed by atoms with Gasteiger partial charge in [0.2, 0.25) is 5.88 Å². The molecule has 1 aliphatic heterocycles. The van der Waals surface area contributed by atoms with Crippen LogP contribution in [0, 0.1) is 11.3 Å². The number of hydrogen-bond donors (Lipinski definition) is 1. The number of pyridine rings is 1. The molecule has 4 heterocycles. The van der Waals surface area contributed by atoms with E-state index in [0.29, 0.717) is 47.4 Å². The van der Waals surface area contributed by atoms with Crippen molar-refractivity contribution < 1.29 is 9.53 Å². The summed E-state index contributed by atoms with van der Waals surface area (Å²) >= 11 is 0. The number of aryl methyl sites for hydroxylation is 1. The molecule has 3 aromatic heterocycles. The number of rotatable bonds is 5. The van der Waals surface area contributed by atoms with E-state index in [1.54, 1.807) is 23.0 Å². The monoisotopic (exact) mass is 481 g/mol. The van der Waals surface area contributed by atoms with Crippen LogP contribution in [0.2, 0.25) is 0 Å². The van der Waals surface area contributed by atoms with Crippen molar-refractivity contribution in [3.05, 3.63) is 65.7 Å². The van der Waals surface area contributed by atoms with Crippen LogP contribution in [-0.2, 0) is 7.05 Å². The second-order valence-corrected chi connectivity index (χ2v) is 9.68. The third-order valence-corrected chi connectivity index (χ3v) is 6.95. The van der Waals surface area contributed by atoms with Gasteiger partial charge < -0.3 is 19.8 Å². The zero-order valence-electron chi connectivity index (χ0n) is 20.1. The maximum absolute atomic E-state index is 13.4. The zero-order chi connectivity index (χ0) is 24.8. The van der Waals surface area contributed by atoms with E-state index < -0.39 is 0 Å². The molecule has 1 saturated heterocycles. The molecule has 36 heavy (non-hydrogen) atoms. The van der Waals surface area contributed by atoms with Crippen molar-refractivity contribution in [3.8, 4) is 28.8 Å². The molecular weight excluding hydrogens is 454 g/mol. The summed E-state index contributed by atoms with van der Waals surface area (Å²) in [6.45, 7) is 1.24. The lowest BCUT2D eigenvalue weighted by atomic mass is 10.0. The van der Waals surface area contributed by atoms with Crippen LogP contribution in [0.15, 0.2) is 48.9 Å². The topological polar surface area (TPSA) is 114 Å². The summed E-state index contributed by atoms with van der Waals surface area (Å²) in [5, 5.41) is 14.2. The second-order valence-electron chi connectivity index (χ2n) is 9.68. The highest BCUT2D eigenvalue weighted by Gasteiger charge is 2.28. The van der Waals surface area contributed by atoms with Gasteiger partial charge in [-0.15, -0.1) is 0 Å². The molecule has 9 heteroatoms. The Labute approximate surface area is 208 Å². The van der Waals surface area contributed by atoms with Crippen LogP contribution in [-0.4, -0.2) is 49.1 Å². The highest BCUT2D eigenvalue weighted by atomic mass is 16.5. The molecule has 1 aromatic carbocycles. The molecule has 182 valence electrons. The Morgan fingerprint density at radius 3 is 2.83 bits per heavy atom. The number of piperidine rings is 1. The first-order valence-electron chi connectivity index (χ1n) is 12.3. The molecule has 4 aromatic rings. The Hall–Kier alpha value is -4.16. The highest BCUT2D eigenvalue weighted by Crippen LogP contribution is 2.42. The normalized spacial score (nSPS) is 17.8. The number of nitrogens with two attached hydrogens (primary N) is 1. The van der Waals surface area contributed by atoms with Gasteiger partial charge in [-0.1, -0.05) is 0 Å². The lowest BCUT2D eigenvalue weighted by Crippen LogP contribution is -2.45. The number of carbonyl (C=O) groups is 1. The molecular formula is C27H27N7O2. The summed E-state index contributed by atoms with van der Waals surface area (Å²) in [5.74, 6) is 1.54. The number of benzene rings is 1. The fourth-order valence-corrected chi connectivity index (χ4v) is 4.88. The predicted molar refractivity (Wildman–Crippen MR) is 134 cm³/mol. The van der Waals surface area contributed by atoms with Crippen molar-refractivity contribution in [2.45, 2.75) is 37.6 Å². The minimum Gasteiger partial charge on any atom is -0.439 e. The Morgan fingerprint density at radius 2 is 2.06 bits per heavy atom. The van der Waals surface area contributed by atoms with Crippen LogP contribution in [0.1, 0.15) is 53.2 Å². The Kier molecular flexibility index (Phi) is 5.46. The fourth-order valence-electron chi connectivity index (χ4n) is 4.88. The van der Waals surface area contributed by atoms with Crippen molar-refractivity contribution in [1.29, 1.82) is 5.26 Å². The molecule has 9 nitrogen and oxygen atoms in total. The number of fused-ring (bicyclic) bond motifs is 1. The Balaban J connectivity index is 1.44. The average molecular weight is 482 g/mol. The smallest absolute Gasteiger partial charge is 0.255 e. The molecule has 0 spiro atoms. The Morgan fingerprint density at radius 1 is 1.19 bits per heavy atom. The third-order valence-electron chi connectivity index (χ3n) is 6.95. The molecule has 1 aliphatic carbocycles. The summed E-state index contributed by atoms with van der Waals surface area (Å²) in [6.07, 6.45) is 9.45. The van der Waals surface area contributed by atoms with E-state index in [0.717, 1.165) is 42.5 Å². The van der Waals surface area contributed by atoms with Crippen molar-refractivity contribution in [3.63, 3.8) is 0 Å². The van der Waals surface area contributed by atoms with Gasteiger partial charge in [0.25, 0.3) is 5.91 Å². The number of amides is 1. The van der Waals surface area contributed by atoms with E-state index >= 15 is 0 Å². The maximum atomic E-state index is 13.4. The number of hydrogen-bond acceptors (Lipinski definition) is 6. The van der Waals surface area contributed by atoms with Crippen LogP contribution in [0.3, 0.4) is 0 Å². The van der Waals surface area contributed by atoms with Crippen LogP contribution in [0.4, 0.5) is 0 Å². The molecule has 2 aliphatic rings. The van der Waals surface area contributed by atoms with Crippen molar-refractivity contribution >= 4 is 11.6 Å². The molecule has 6 rings (SSSR count). The quantitative estimate of drug-likeness (QED) is 0.463. The van der Waals surface area contributed by atoms with E-state index in [-0.39, 0.29) is 11.9 Å². The number of nitrogens with zero attached hydrogens (tertiary/aromatic N) is 6. The van der Waals surface area contributed by atoms with Gasteiger partial charge in [0.15, 0.2) is 0 Å². The number of nitriles is 1. The van der Waals surface area contributed by atoms with Crippen molar-refractivity contribution in [1.82, 2.24) is 24.1 Å². The van der Waals surface area contributed by atoms with Gasteiger partial charge in [-0.2, -0.15) is 10.4 Å². The molecule has 1 saturated carbocycles. The summed E-state index contributed by atoms with van der Waals surface area (Å²) in [6, 6.07) is 11.3. The number of likely N-dealkylation sites (tertiary alicyclic amines) is 1. The standard InChI is InChI=1S/C27H27N7O2/c1-32-25(13-23(31-32)18-5-6-18)36-24-11-17(14-28)4-7-21(24)22-12-19(15-33-10-8-30-26(22)33)27(35)34-9-2-3-20(29)16-34/h4,7-8,10-13,15,18,20H,2-3,5-6,9,16,29H2,1H3/t20-/m0/s1. The van der Waals surface area contributed by atoms with Gasteiger partial charge in [0, 0.05) is 67.9 Å². The largest absolute Gasteiger partial charge is 0.439 e. The van der Waals surface area contributed by atoms with E-state index in [2.05, 4.69) is 16.2 Å². The number of aromatic nitrogens is 4. The first kappa shape index (κ1) is 22.3. The summed E-state index contributed by atoms with van der Waals surface area (Å²) in [7, 11) is 1.85. The summed E-state index contributed by atoms with van der Waals surface area (Å²) in [5.41, 5.74) is 10.4. The van der Waals surface area contributed by atoms with Crippen molar-refractivity contribution in [2.75, 3.05) is 13.1 Å². The first-order valence-corrected chi connectivity index (χ1v) is 12.3. The minimum absolute atomic E-state index is 0.00268. The lowest BCUT2D eigenvalue weighted by Gasteiger charge is -2.31. The average Bonchev–Trinajstić information content (AvgIpc) is 3.52. The first-order chi connectivity index (χ1) is 17.5. The van der Waals surface area contributed by atoms with Crippen LogP contribution in [0.25, 0.3) is 16.8 Å². The zero-order valence-corrected chi connectivity index (χ0v) is 20.1. The van der Waals surface area contributed by atoms with Gasteiger partial charge in [-0.3, -0.25) is 4.79 Å². The molecule has 2 fully saturated rings. The van der Waals surface area contributed by atoms with Crippen LogP contribution >= 0.6 is 0 Å². The SMILES string of the molecule is Cn1nc(C2CC2)cc1Oc1cc(C#N)ccc1-c1cc(C(=O)N2CCC[C@H](N)C2)cn2ccnc12. The predicted octanol–water partition coefficient (Wildman–Crippen LogP) is 3.84. The fraction of sp³-hybridized carbons (Fsp3) is 0.333. The highest BCUT2D eigenvalue weighted by molar-refractivity contribution is 5.97. The van der Waals surface area contributed by atoms with E-state index in [9.17, 15) is 10.1 Å². The molecule has 0 unspecified atom stereocenters. The van der Waals surface area contributed by atoms with Gasteiger partial charge in [-0.05, 0) is 49.9 Å². The van der Waals surface area contributed by atoms with Crippen LogP contribution in [0.5, 0.6) is 11.6 Å². The second kappa shape index (κ2) is 8.81. The van der Waals surface area contributed by atoms with Crippen LogP contribution < -0.4 is 10.5 Å². The van der Waals surface area contributed by atoms with Crippen molar-refractivity contribution in [2.24, 2.45) is 12.8 Å². The van der Waals surface area contributed by atoms with E-state index in [1.807, 2.05) is 46.9 Å². The molecule has 1 atom stereocenters. The van der Waals surface area contributed by atoms with Gasteiger partial charge in [0.05, 0.1) is 22.9 Å². The molecule has 1 amide bonds. The maximum Gasteiger partial charge on any atom is 0.255 e. The van der Waals surface area contributed by atoms with E-state index in [4.69, 9.17) is 10.5 Å². The lowest BCUT2D eigenvalue weighted by molar-refractivity contribution is 0.0708. The Bertz CT molecular complexity index is 1510. The van der Waals surface area contributed by atoms with Gasteiger partial charge >= 0.3 is 0 Å². The molecule has 0 bridgehead atoms. The van der Waals surface area contributed by atoms with Gasteiger partial charge in [0.1, 0.15) is 11.4 Å². The number of carbonyl (C=O) groups excluding carboxylic acids is 1.